The highest BCUT2D eigenvalue weighted by molar-refractivity contribution is 6.53. The number of pyridine rings is 1. The highest BCUT2D eigenvalue weighted by Gasteiger charge is 2.67. The number of carbonyl (C=O) groups is 1. The number of carbonyl (C=O) groups excluding carboxylic acids is 1. The Kier molecular flexibility index (Phi) is 3.91. The molecule has 1 aliphatic rings. The van der Waals surface area contributed by atoms with Crippen molar-refractivity contribution in [2.24, 2.45) is 5.41 Å². The number of rotatable bonds is 4. The molecule has 1 N–H and O–H groups in total. The first-order valence-electron chi connectivity index (χ1n) is 6.38. The third kappa shape index (κ3) is 2.47. The second-order valence-corrected chi connectivity index (χ2v) is 6.93. The van der Waals surface area contributed by atoms with Crippen molar-refractivity contribution in [3.05, 3.63) is 23.0 Å². The lowest BCUT2D eigenvalue weighted by atomic mass is 10.1. The van der Waals surface area contributed by atoms with Gasteiger partial charge < -0.3 is 10.1 Å². The third-order valence-electron chi connectivity index (χ3n) is 3.93. The molecule has 1 saturated carbocycles. The molecule has 6 heteroatoms. The minimum Gasteiger partial charge on any atom is -0.496 e. The van der Waals surface area contributed by atoms with Gasteiger partial charge in [-0.2, -0.15) is 0 Å². The van der Waals surface area contributed by atoms with Gasteiger partial charge in [-0.3, -0.25) is 9.78 Å². The highest BCUT2D eigenvalue weighted by Crippen LogP contribution is 2.63. The standard InChI is InChI=1S/C14H18Cl2N2O2/c1-8-5-17-10(9(2)11(8)20-4)6-18-12(19)13(3)7-14(13,15)16/h5H,6-7H2,1-4H3,(H,18,19). The van der Waals surface area contributed by atoms with Crippen molar-refractivity contribution in [2.75, 3.05) is 7.11 Å². The summed E-state index contributed by atoms with van der Waals surface area (Å²) in [5.41, 5.74) is 1.96. The van der Waals surface area contributed by atoms with E-state index in [1.165, 1.54) is 0 Å². The van der Waals surface area contributed by atoms with Gasteiger partial charge in [-0.05, 0) is 27.2 Å². The average molecular weight is 317 g/mol. The summed E-state index contributed by atoms with van der Waals surface area (Å²) in [4.78, 5) is 16.4. The van der Waals surface area contributed by atoms with E-state index in [-0.39, 0.29) is 5.91 Å². The van der Waals surface area contributed by atoms with Crippen LogP contribution in [0.25, 0.3) is 0 Å². The Balaban J connectivity index is 2.07. The molecule has 1 heterocycles. The number of alkyl halides is 2. The Morgan fingerprint density at radius 1 is 1.50 bits per heavy atom. The molecule has 2 rings (SSSR count). The van der Waals surface area contributed by atoms with E-state index >= 15 is 0 Å². The molecule has 1 amide bonds. The van der Waals surface area contributed by atoms with Crippen molar-refractivity contribution in [3.8, 4) is 5.75 Å². The lowest BCUT2D eigenvalue weighted by Gasteiger charge is -2.15. The number of amides is 1. The molecule has 20 heavy (non-hydrogen) atoms. The molecule has 0 aliphatic heterocycles. The number of nitrogens with one attached hydrogen (secondary N) is 1. The van der Waals surface area contributed by atoms with Crippen molar-refractivity contribution in [1.82, 2.24) is 10.3 Å². The molecule has 0 spiro atoms. The number of aryl methyl sites for hydroxylation is 1. The van der Waals surface area contributed by atoms with E-state index in [0.717, 1.165) is 22.6 Å². The maximum Gasteiger partial charge on any atom is 0.229 e. The van der Waals surface area contributed by atoms with Crippen molar-refractivity contribution in [2.45, 2.75) is 38.1 Å². The van der Waals surface area contributed by atoms with E-state index in [0.29, 0.717) is 13.0 Å². The number of halogens is 2. The van der Waals surface area contributed by atoms with E-state index in [2.05, 4.69) is 10.3 Å². The van der Waals surface area contributed by atoms with Gasteiger partial charge in [-0.25, -0.2) is 0 Å². The Hall–Kier alpha value is -1.000. The molecule has 1 atom stereocenters. The van der Waals surface area contributed by atoms with Gasteiger partial charge in [0.15, 0.2) is 0 Å². The third-order valence-corrected chi connectivity index (χ3v) is 5.03. The van der Waals surface area contributed by atoms with Crippen LogP contribution in [0.4, 0.5) is 0 Å². The molecular weight excluding hydrogens is 299 g/mol. The van der Waals surface area contributed by atoms with Crippen LogP contribution in [0.3, 0.4) is 0 Å². The molecular formula is C14H18Cl2N2O2. The maximum absolute atomic E-state index is 12.1. The highest BCUT2D eigenvalue weighted by atomic mass is 35.5. The Morgan fingerprint density at radius 3 is 2.60 bits per heavy atom. The number of hydrogen-bond acceptors (Lipinski definition) is 3. The van der Waals surface area contributed by atoms with Crippen LogP contribution in [0.1, 0.15) is 30.2 Å². The predicted octanol–water partition coefficient (Wildman–Crippen LogP) is 2.91. The van der Waals surface area contributed by atoms with Gasteiger partial charge in [0.25, 0.3) is 0 Å². The Morgan fingerprint density at radius 2 is 2.10 bits per heavy atom. The number of methoxy groups -OCH3 is 1. The summed E-state index contributed by atoms with van der Waals surface area (Å²) in [5.74, 6) is 0.647. The van der Waals surface area contributed by atoms with Gasteiger partial charge in [0, 0.05) is 17.3 Å². The fraction of sp³-hybridized carbons (Fsp3) is 0.571. The number of aromatic nitrogens is 1. The lowest BCUT2D eigenvalue weighted by Crippen LogP contribution is -2.33. The van der Waals surface area contributed by atoms with Crippen LogP contribution in [0, 0.1) is 19.3 Å². The van der Waals surface area contributed by atoms with E-state index in [9.17, 15) is 4.79 Å². The van der Waals surface area contributed by atoms with E-state index in [1.807, 2.05) is 13.8 Å². The van der Waals surface area contributed by atoms with Crippen LogP contribution in [0.15, 0.2) is 6.20 Å². The summed E-state index contributed by atoms with van der Waals surface area (Å²) in [6.07, 6.45) is 2.21. The Labute approximate surface area is 128 Å². The first kappa shape index (κ1) is 15.4. The molecule has 0 radical (unpaired) electrons. The minimum absolute atomic E-state index is 0.150. The SMILES string of the molecule is COc1c(C)cnc(CNC(=O)C2(C)CC2(Cl)Cl)c1C. The van der Waals surface area contributed by atoms with Crippen molar-refractivity contribution >= 4 is 29.1 Å². The van der Waals surface area contributed by atoms with Gasteiger partial charge in [-0.15, -0.1) is 23.2 Å². The first-order valence-corrected chi connectivity index (χ1v) is 7.14. The lowest BCUT2D eigenvalue weighted by molar-refractivity contribution is -0.125. The summed E-state index contributed by atoms with van der Waals surface area (Å²) in [6, 6.07) is 0. The second kappa shape index (κ2) is 5.08. The molecule has 110 valence electrons. The van der Waals surface area contributed by atoms with Crippen molar-refractivity contribution < 1.29 is 9.53 Å². The zero-order valence-corrected chi connectivity index (χ0v) is 13.5. The Bertz CT molecular complexity index is 560. The van der Waals surface area contributed by atoms with Crippen LogP contribution in [0.5, 0.6) is 5.75 Å². The molecule has 1 fully saturated rings. The predicted molar refractivity (Wildman–Crippen MR) is 79.3 cm³/mol. The molecule has 1 aromatic heterocycles. The van der Waals surface area contributed by atoms with Crippen molar-refractivity contribution in [1.29, 1.82) is 0 Å². The summed E-state index contributed by atoms with van der Waals surface area (Å²) >= 11 is 12.0. The summed E-state index contributed by atoms with van der Waals surface area (Å²) in [5, 5.41) is 2.84. The number of nitrogens with zero attached hydrogens (tertiary/aromatic N) is 1. The van der Waals surface area contributed by atoms with Crippen LogP contribution in [-0.2, 0) is 11.3 Å². The first-order chi connectivity index (χ1) is 9.23. The molecule has 0 bridgehead atoms. The van der Waals surface area contributed by atoms with Gasteiger partial charge in [-0.1, -0.05) is 0 Å². The molecule has 1 unspecified atom stereocenters. The molecule has 1 aliphatic carbocycles. The van der Waals surface area contributed by atoms with Gasteiger partial charge in [0.05, 0.1) is 24.8 Å². The fourth-order valence-corrected chi connectivity index (χ4v) is 2.96. The molecule has 0 aromatic carbocycles. The second-order valence-electron chi connectivity index (χ2n) is 5.44. The normalized spacial score (nSPS) is 23.3. The molecule has 4 nitrogen and oxygen atoms in total. The average Bonchev–Trinajstić information content (AvgIpc) is 2.89. The largest absolute Gasteiger partial charge is 0.496 e. The zero-order valence-electron chi connectivity index (χ0n) is 12.0. The fourth-order valence-electron chi connectivity index (χ4n) is 2.25. The molecule has 0 saturated heterocycles. The van der Waals surface area contributed by atoms with Gasteiger partial charge in [0.2, 0.25) is 5.91 Å². The minimum atomic E-state index is -0.954. The summed E-state index contributed by atoms with van der Waals surface area (Å²) in [7, 11) is 1.62. The number of ether oxygens (including phenoxy) is 1. The van der Waals surface area contributed by atoms with Gasteiger partial charge >= 0.3 is 0 Å². The van der Waals surface area contributed by atoms with Crippen LogP contribution in [-0.4, -0.2) is 22.3 Å². The molecule has 1 aromatic rings. The maximum atomic E-state index is 12.1. The summed E-state index contributed by atoms with van der Waals surface area (Å²) in [6.45, 7) is 5.95. The van der Waals surface area contributed by atoms with Crippen LogP contribution < -0.4 is 10.1 Å². The topological polar surface area (TPSA) is 51.2 Å². The number of hydrogen-bond donors (Lipinski definition) is 1. The van der Waals surface area contributed by atoms with E-state index in [1.54, 1.807) is 20.2 Å². The van der Waals surface area contributed by atoms with Crippen LogP contribution >= 0.6 is 23.2 Å². The van der Waals surface area contributed by atoms with E-state index in [4.69, 9.17) is 27.9 Å². The van der Waals surface area contributed by atoms with Gasteiger partial charge in [0.1, 0.15) is 10.1 Å². The quantitative estimate of drug-likeness (QED) is 0.869. The van der Waals surface area contributed by atoms with E-state index < -0.39 is 9.75 Å². The monoisotopic (exact) mass is 316 g/mol. The van der Waals surface area contributed by atoms with Crippen LogP contribution in [0.2, 0.25) is 0 Å². The zero-order chi connectivity index (χ0) is 15.1. The van der Waals surface area contributed by atoms with Crippen molar-refractivity contribution in [3.63, 3.8) is 0 Å². The smallest absolute Gasteiger partial charge is 0.229 e. The summed E-state index contributed by atoms with van der Waals surface area (Å²) < 4.78 is 4.39.